The quantitative estimate of drug-likeness (QED) is 0.636. The number of aromatic nitrogens is 1. The summed E-state index contributed by atoms with van der Waals surface area (Å²) in [5.41, 5.74) is 4.16. The third-order valence-electron chi connectivity index (χ3n) is 3.65. The van der Waals surface area contributed by atoms with Crippen molar-refractivity contribution in [2.24, 2.45) is 0 Å². The Labute approximate surface area is 141 Å². The maximum atomic E-state index is 11.7. The second-order valence-electron chi connectivity index (χ2n) is 5.21. The number of esters is 1. The Balaban J connectivity index is 2.42. The Hall–Kier alpha value is -3.31. The molecule has 5 heteroatoms. The van der Waals surface area contributed by atoms with Crippen LogP contribution < -0.4 is 0 Å². The van der Waals surface area contributed by atoms with Gasteiger partial charge in [-0.3, -0.25) is 0 Å². The van der Waals surface area contributed by atoms with Crippen molar-refractivity contribution in [3.8, 4) is 17.8 Å². The van der Waals surface area contributed by atoms with Crippen LogP contribution in [0.5, 0.6) is 0 Å². The smallest absolute Gasteiger partial charge is 0.338 e. The van der Waals surface area contributed by atoms with Gasteiger partial charge >= 0.3 is 5.97 Å². The Kier molecular flexibility index (Phi) is 5.19. The molecule has 0 saturated heterocycles. The monoisotopic (exact) mass is 319 g/mol. The maximum absolute atomic E-state index is 11.7. The highest BCUT2D eigenvalue weighted by atomic mass is 16.5. The van der Waals surface area contributed by atoms with Gasteiger partial charge in [-0.15, -0.1) is 0 Å². The fraction of sp³-hybridized carbons (Fsp3) is 0.211. The zero-order valence-corrected chi connectivity index (χ0v) is 13.8. The Morgan fingerprint density at radius 1 is 1.21 bits per heavy atom. The van der Waals surface area contributed by atoms with E-state index in [1.165, 1.54) is 0 Å². The number of hydrogen-bond donors (Lipinski definition) is 0. The maximum Gasteiger partial charge on any atom is 0.338 e. The second-order valence-corrected chi connectivity index (χ2v) is 5.21. The minimum Gasteiger partial charge on any atom is -0.462 e. The van der Waals surface area contributed by atoms with Gasteiger partial charge in [-0.05, 0) is 62.7 Å². The Morgan fingerprint density at radius 3 is 2.38 bits per heavy atom. The van der Waals surface area contributed by atoms with Crippen LogP contribution in [-0.2, 0) is 4.74 Å². The number of hydrogen-bond acceptors (Lipinski definition) is 4. The zero-order chi connectivity index (χ0) is 17.7. The second kappa shape index (κ2) is 7.30. The highest BCUT2D eigenvalue weighted by Crippen LogP contribution is 2.23. The SMILES string of the molecule is CCOC(=O)c1ccc(-n2c(C)cc(C=C(C#N)C#N)c2C)cc1. The molecule has 2 aromatic rings. The molecule has 120 valence electrons. The van der Waals surface area contributed by atoms with Crippen LogP contribution in [0, 0.1) is 36.5 Å². The molecule has 0 N–H and O–H groups in total. The van der Waals surface area contributed by atoms with Gasteiger partial charge in [0.1, 0.15) is 17.7 Å². The van der Waals surface area contributed by atoms with Crippen molar-refractivity contribution in [2.45, 2.75) is 20.8 Å². The normalized spacial score (nSPS) is 9.71. The summed E-state index contributed by atoms with van der Waals surface area (Å²) in [6.45, 7) is 5.98. The Morgan fingerprint density at radius 2 is 1.83 bits per heavy atom. The molecule has 0 saturated carbocycles. The van der Waals surface area contributed by atoms with E-state index in [-0.39, 0.29) is 11.5 Å². The van der Waals surface area contributed by atoms with Gasteiger partial charge in [0, 0.05) is 17.1 Å². The van der Waals surface area contributed by atoms with Crippen LogP contribution in [0.2, 0.25) is 0 Å². The van der Waals surface area contributed by atoms with Crippen LogP contribution >= 0.6 is 0 Å². The van der Waals surface area contributed by atoms with E-state index in [1.807, 2.05) is 48.8 Å². The average Bonchev–Trinajstić information content (AvgIpc) is 2.86. The molecule has 1 aromatic carbocycles. The minimum atomic E-state index is -0.346. The van der Waals surface area contributed by atoms with E-state index >= 15 is 0 Å². The molecule has 0 fully saturated rings. The Bertz CT molecular complexity index is 859. The van der Waals surface area contributed by atoms with Crippen molar-refractivity contribution >= 4 is 12.0 Å². The fourth-order valence-corrected chi connectivity index (χ4v) is 2.54. The number of nitriles is 2. The first-order valence-corrected chi connectivity index (χ1v) is 7.50. The van der Waals surface area contributed by atoms with E-state index in [2.05, 4.69) is 0 Å². The molecule has 0 aliphatic heterocycles. The predicted molar refractivity (Wildman–Crippen MR) is 90.4 cm³/mol. The van der Waals surface area contributed by atoms with Gasteiger partial charge in [0.2, 0.25) is 0 Å². The number of rotatable bonds is 4. The average molecular weight is 319 g/mol. The highest BCUT2D eigenvalue weighted by molar-refractivity contribution is 5.89. The number of aryl methyl sites for hydroxylation is 1. The van der Waals surface area contributed by atoms with Gasteiger partial charge in [0.25, 0.3) is 0 Å². The first-order chi connectivity index (χ1) is 11.5. The van der Waals surface area contributed by atoms with Crippen LogP contribution in [0.4, 0.5) is 0 Å². The zero-order valence-electron chi connectivity index (χ0n) is 13.8. The number of benzene rings is 1. The fourth-order valence-electron chi connectivity index (χ4n) is 2.54. The third kappa shape index (κ3) is 3.37. The van der Waals surface area contributed by atoms with E-state index in [4.69, 9.17) is 15.3 Å². The van der Waals surface area contributed by atoms with Crippen molar-refractivity contribution < 1.29 is 9.53 Å². The summed E-state index contributed by atoms with van der Waals surface area (Å²) in [6, 6.07) is 12.8. The lowest BCUT2D eigenvalue weighted by molar-refractivity contribution is 0.0526. The third-order valence-corrected chi connectivity index (χ3v) is 3.65. The molecule has 0 aliphatic carbocycles. The van der Waals surface area contributed by atoms with E-state index in [9.17, 15) is 4.79 Å². The van der Waals surface area contributed by atoms with Crippen LogP contribution in [0.15, 0.2) is 35.9 Å². The van der Waals surface area contributed by atoms with E-state index in [1.54, 1.807) is 25.1 Å². The minimum absolute atomic E-state index is 0.0629. The number of allylic oxidation sites excluding steroid dienone is 1. The summed E-state index contributed by atoms with van der Waals surface area (Å²) in [6.07, 6.45) is 1.58. The van der Waals surface area contributed by atoms with Crippen LogP contribution in [-0.4, -0.2) is 17.1 Å². The van der Waals surface area contributed by atoms with Crippen molar-refractivity contribution in [3.63, 3.8) is 0 Å². The molecular formula is C19H17N3O2. The molecule has 0 spiro atoms. The van der Waals surface area contributed by atoms with Gasteiger partial charge in [0.05, 0.1) is 12.2 Å². The first-order valence-electron chi connectivity index (χ1n) is 7.50. The molecular weight excluding hydrogens is 302 g/mol. The molecule has 0 atom stereocenters. The molecule has 0 unspecified atom stereocenters. The lowest BCUT2D eigenvalue weighted by atomic mass is 10.1. The van der Waals surface area contributed by atoms with E-state index in [0.29, 0.717) is 12.2 Å². The van der Waals surface area contributed by atoms with Crippen LogP contribution in [0.3, 0.4) is 0 Å². The lowest BCUT2D eigenvalue weighted by Gasteiger charge is -2.10. The van der Waals surface area contributed by atoms with Crippen LogP contribution in [0.25, 0.3) is 11.8 Å². The highest BCUT2D eigenvalue weighted by Gasteiger charge is 2.11. The first kappa shape index (κ1) is 17.1. The largest absolute Gasteiger partial charge is 0.462 e. The summed E-state index contributed by atoms with van der Waals surface area (Å²) in [7, 11) is 0. The number of carbonyl (C=O) groups excluding carboxylic acids is 1. The summed E-state index contributed by atoms with van der Waals surface area (Å²) >= 11 is 0. The summed E-state index contributed by atoms with van der Waals surface area (Å²) in [5.74, 6) is -0.346. The van der Waals surface area contributed by atoms with Gasteiger partial charge in [-0.25, -0.2) is 4.79 Å². The summed E-state index contributed by atoms with van der Waals surface area (Å²) in [5, 5.41) is 17.8. The number of ether oxygens (including phenoxy) is 1. The molecule has 0 amide bonds. The van der Waals surface area contributed by atoms with Gasteiger partial charge in [-0.1, -0.05) is 0 Å². The van der Waals surface area contributed by atoms with Gasteiger partial charge in [-0.2, -0.15) is 10.5 Å². The standard InChI is InChI=1S/C19H17N3O2/c1-4-24-19(23)16-5-7-18(8-6-16)22-13(2)9-17(14(22)3)10-15(11-20)12-21/h5-10H,4H2,1-3H3. The van der Waals surface area contributed by atoms with Crippen molar-refractivity contribution in [2.75, 3.05) is 6.61 Å². The van der Waals surface area contributed by atoms with Crippen molar-refractivity contribution in [1.82, 2.24) is 4.57 Å². The summed E-state index contributed by atoms with van der Waals surface area (Å²) < 4.78 is 6.99. The molecule has 24 heavy (non-hydrogen) atoms. The molecule has 1 heterocycles. The van der Waals surface area contributed by atoms with E-state index in [0.717, 1.165) is 22.6 Å². The van der Waals surface area contributed by atoms with Gasteiger partial charge in [0.15, 0.2) is 0 Å². The molecule has 0 aliphatic rings. The predicted octanol–water partition coefficient (Wildman–Crippen LogP) is 3.70. The van der Waals surface area contributed by atoms with E-state index < -0.39 is 0 Å². The molecule has 0 bridgehead atoms. The number of nitrogens with zero attached hydrogens (tertiary/aromatic N) is 3. The molecule has 2 rings (SSSR count). The summed E-state index contributed by atoms with van der Waals surface area (Å²) in [4.78, 5) is 11.7. The van der Waals surface area contributed by atoms with Crippen LogP contribution in [0.1, 0.15) is 34.2 Å². The lowest BCUT2D eigenvalue weighted by Crippen LogP contribution is -2.05. The molecule has 1 aromatic heterocycles. The van der Waals surface area contributed by atoms with Crippen molar-refractivity contribution in [1.29, 1.82) is 10.5 Å². The van der Waals surface area contributed by atoms with Gasteiger partial charge < -0.3 is 9.30 Å². The number of carbonyl (C=O) groups is 1. The molecule has 0 radical (unpaired) electrons. The van der Waals surface area contributed by atoms with Crippen molar-refractivity contribution in [3.05, 3.63) is 58.4 Å². The topological polar surface area (TPSA) is 78.8 Å². The molecule has 5 nitrogen and oxygen atoms in total.